The predicted molar refractivity (Wildman–Crippen MR) is 117 cm³/mol. The number of hydrogen-bond acceptors (Lipinski definition) is 3. The van der Waals surface area contributed by atoms with Gasteiger partial charge in [-0.2, -0.15) is 0 Å². The SMILES string of the molecule is Cc1ccccc1[C@@H]1[C@H]2CN(Cc3ncc[nH]3)C[C@H]2CN1C(=O)Cc1ccccc1. The van der Waals surface area contributed by atoms with Crippen LogP contribution in [-0.4, -0.2) is 45.3 Å². The molecule has 3 aromatic rings. The average molecular weight is 401 g/mol. The van der Waals surface area contributed by atoms with Crippen molar-refractivity contribution in [3.63, 3.8) is 0 Å². The number of amides is 1. The third-order valence-electron chi connectivity index (χ3n) is 6.69. The van der Waals surface area contributed by atoms with Gasteiger partial charge in [-0.3, -0.25) is 9.69 Å². The molecule has 2 aliphatic heterocycles. The standard InChI is InChI=1S/C25H28N4O/c1-18-7-5-6-10-21(18)25-22-16-28(17-23-26-11-12-27-23)14-20(22)15-29(25)24(30)13-19-8-3-2-4-9-19/h2-12,20,22,25H,13-17H2,1H3,(H,26,27)/t20-,22-,25+/m0/s1. The Hall–Kier alpha value is -2.92. The number of carbonyl (C=O) groups is 1. The first-order chi connectivity index (χ1) is 14.7. The first-order valence-electron chi connectivity index (χ1n) is 10.8. The number of likely N-dealkylation sites (tertiary alicyclic amines) is 2. The Labute approximate surface area is 177 Å². The normalized spacial score (nSPS) is 23.6. The van der Waals surface area contributed by atoms with E-state index in [9.17, 15) is 4.79 Å². The van der Waals surface area contributed by atoms with Crippen molar-refractivity contribution in [1.82, 2.24) is 19.8 Å². The maximum absolute atomic E-state index is 13.4. The van der Waals surface area contributed by atoms with Crippen molar-refractivity contribution in [2.24, 2.45) is 11.8 Å². The summed E-state index contributed by atoms with van der Waals surface area (Å²) in [7, 11) is 0. The van der Waals surface area contributed by atoms with Crippen LogP contribution in [0.4, 0.5) is 0 Å². The molecule has 0 radical (unpaired) electrons. The number of rotatable bonds is 5. The molecule has 5 rings (SSSR count). The predicted octanol–water partition coefficient (Wildman–Crippen LogP) is 3.59. The maximum atomic E-state index is 13.4. The third-order valence-corrected chi connectivity index (χ3v) is 6.69. The van der Waals surface area contributed by atoms with Crippen molar-refractivity contribution in [3.05, 3.63) is 89.5 Å². The molecule has 2 fully saturated rings. The number of benzene rings is 2. The third kappa shape index (κ3) is 3.65. The highest BCUT2D eigenvalue weighted by molar-refractivity contribution is 5.79. The van der Waals surface area contributed by atoms with Gasteiger partial charge >= 0.3 is 0 Å². The second-order valence-electron chi connectivity index (χ2n) is 8.66. The number of carbonyl (C=O) groups excluding carboxylic acids is 1. The maximum Gasteiger partial charge on any atom is 0.227 e. The largest absolute Gasteiger partial charge is 0.348 e. The number of aromatic nitrogens is 2. The van der Waals surface area contributed by atoms with Crippen molar-refractivity contribution in [2.75, 3.05) is 19.6 Å². The minimum Gasteiger partial charge on any atom is -0.348 e. The molecule has 0 saturated carbocycles. The number of aryl methyl sites for hydroxylation is 1. The molecule has 154 valence electrons. The summed E-state index contributed by atoms with van der Waals surface area (Å²) < 4.78 is 0. The van der Waals surface area contributed by atoms with E-state index in [0.29, 0.717) is 18.3 Å². The highest BCUT2D eigenvalue weighted by Gasteiger charge is 2.49. The van der Waals surface area contributed by atoms with Gasteiger partial charge in [-0.15, -0.1) is 0 Å². The molecule has 3 heterocycles. The van der Waals surface area contributed by atoms with Crippen molar-refractivity contribution >= 4 is 5.91 Å². The molecular weight excluding hydrogens is 372 g/mol. The van der Waals surface area contributed by atoms with Gasteiger partial charge in [-0.1, -0.05) is 54.6 Å². The molecule has 30 heavy (non-hydrogen) atoms. The number of nitrogens with zero attached hydrogens (tertiary/aromatic N) is 3. The summed E-state index contributed by atoms with van der Waals surface area (Å²) >= 11 is 0. The average Bonchev–Trinajstić information content (AvgIpc) is 3.46. The lowest BCUT2D eigenvalue weighted by molar-refractivity contribution is -0.132. The molecule has 1 aromatic heterocycles. The summed E-state index contributed by atoms with van der Waals surface area (Å²) in [5.41, 5.74) is 3.65. The van der Waals surface area contributed by atoms with E-state index in [1.54, 1.807) is 0 Å². The molecule has 0 aliphatic carbocycles. The fourth-order valence-corrected chi connectivity index (χ4v) is 5.31. The van der Waals surface area contributed by atoms with Crippen LogP contribution in [0.3, 0.4) is 0 Å². The lowest BCUT2D eigenvalue weighted by Gasteiger charge is -2.31. The second-order valence-corrected chi connectivity index (χ2v) is 8.66. The lowest BCUT2D eigenvalue weighted by Crippen LogP contribution is -2.36. The molecule has 1 amide bonds. The van der Waals surface area contributed by atoms with Crippen LogP contribution >= 0.6 is 0 Å². The molecule has 2 aromatic carbocycles. The molecule has 2 saturated heterocycles. The molecule has 0 spiro atoms. The van der Waals surface area contributed by atoms with E-state index >= 15 is 0 Å². The molecule has 1 N–H and O–H groups in total. The minimum absolute atomic E-state index is 0.147. The van der Waals surface area contributed by atoms with E-state index in [0.717, 1.165) is 37.6 Å². The van der Waals surface area contributed by atoms with Gasteiger partial charge in [-0.05, 0) is 29.5 Å². The van der Waals surface area contributed by atoms with E-state index in [-0.39, 0.29) is 11.9 Å². The van der Waals surface area contributed by atoms with Crippen LogP contribution in [0.1, 0.15) is 28.6 Å². The zero-order chi connectivity index (χ0) is 20.5. The van der Waals surface area contributed by atoms with Gasteiger partial charge in [0, 0.05) is 37.9 Å². The topological polar surface area (TPSA) is 52.2 Å². The zero-order valence-electron chi connectivity index (χ0n) is 17.4. The fourth-order valence-electron chi connectivity index (χ4n) is 5.31. The Balaban J connectivity index is 1.40. The van der Waals surface area contributed by atoms with Gasteiger partial charge < -0.3 is 9.88 Å². The first-order valence-corrected chi connectivity index (χ1v) is 10.8. The number of hydrogen-bond donors (Lipinski definition) is 1. The van der Waals surface area contributed by atoms with E-state index < -0.39 is 0 Å². The quantitative estimate of drug-likeness (QED) is 0.712. The van der Waals surface area contributed by atoms with Crippen molar-refractivity contribution in [2.45, 2.75) is 25.9 Å². The lowest BCUT2D eigenvalue weighted by atomic mass is 9.87. The number of fused-ring (bicyclic) bond motifs is 1. The van der Waals surface area contributed by atoms with E-state index in [2.05, 4.69) is 51.0 Å². The summed E-state index contributed by atoms with van der Waals surface area (Å²) in [6, 6.07) is 18.8. The van der Waals surface area contributed by atoms with Crippen molar-refractivity contribution in [1.29, 1.82) is 0 Å². The Morgan fingerprint density at radius 2 is 1.87 bits per heavy atom. The fraction of sp³-hybridized carbons (Fsp3) is 0.360. The van der Waals surface area contributed by atoms with Crippen molar-refractivity contribution in [3.8, 4) is 0 Å². The Morgan fingerprint density at radius 3 is 2.63 bits per heavy atom. The number of imidazole rings is 1. The molecule has 0 unspecified atom stereocenters. The number of H-pyrrole nitrogens is 1. The summed E-state index contributed by atoms with van der Waals surface area (Å²) in [6.45, 7) is 5.86. The van der Waals surface area contributed by atoms with Gasteiger partial charge in [0.1, 0.15) is 5.82 Å². The monoisotopic (exact) mass is 400 g/mol. The van der Waals surface area contributed by atoms with Crippen LogP contribution in [0.2, 0.25) is 0 Å². The zero-order valence-corrected chi connectivity index (χ0v) is 17.4. The molecule has 0 bridgehead atoms. The Kier molecular flexibility index (Phi) is 5.13. The summed E-state index contributed by atoms with van der Waals surface area (Å²) in [6.07, 6.45) is 4.16. The van der Waals surface area contributed by atoms with Crippen LogP contribution in [0.15, 0.2) is 67.0 Å². The molecule has 5 nitrogen and oxygen atoms in total. The van der Waals surface area contributed by atoms with Gasteiger partial charge in [0.05, 0.1) is 19.0 Å². The van der Waals surface area contributed by atoms with Gasteiger partial charge in [0.15, 0.2) is 0 Å². The van der Waals surface area contributed by atoms with Crippen LogP contribution < -0.4 is 0 Å². The summed E-state index contributed by atoms with van der Waals surface area (Å²) in [4.78, 5) is 25.6. The number of nitrogens with one attached hydrogen (secondary N) is 1. The van der Waals surface area contributed by atoms with Crippen LogP contribution in [0.5, 0.6) is 0 Å². The second kappa shape index (κ2) is 8.07. The highest BCUT2D eigenvalue weighted by Crippen LogP contribution is 2.46. The van der Waals surface area contributed by atoms with E-state index in [1.807, 2.05) is 42.7 Å². The van der Waals surface area contributed by atoms with Crippen LogP contribution in [-0.2, 0) is 17.8 Å². The van der Waals surface area contributed by atoms with E-state index in [4.69, 9.17) is 0 Å². The molecule has 2 aliphatic rings. The van der Waals surface area contributed by atoms with Gasteiger partial charge in [-0.25, -0.2) is 4.98 Å². The molecule has 5 heteroatoms. The minimum atomic E-state index is 0.147. The highest BCUT2D eigenvalue weighted by atomic mass is 16.2. The van der Waals surface area contributed by atoms with Crippen LogP contribution in [0, 0.1) is 18.8 Å². The summed E-state index contributed by atoms with van der Waals surface area (Å²) in [5.74, 6) is 2.21. The molecular formula is C25H28N4O. The number of aromatic amines is 1. The molecule has 3 atom stereocenters. The Morgan fingerprint density at radius 1 is 1.07 bits per heavy atom. The van der Waals surface area contributed by atoms with Gasteiger partial charge in [0.25, 0.3) is 0 Å². The van der Waals surface area contributed by atoms with Crippen molar-refractivity contribution < 1.29 is 4.79 Å². The van der Waals surface area contributed by atoms with E-state index in [1.165, 1.54) is 11.1 Å². The first kappa shape index (κ1) is 19.1. The van der Waals surface area contributed by atoms with Gasteiger partial charge in [0.2, 0.25) is 5.91 Å². The smallest absolute Gasteiger partial charge is 0.227 e. The Bertz CT molecular complexity index is 1000. The van der Waals surface area contributed by atoms with Crippen LogP contribution in [0.25, 0.3) is 0 Å². The summed E-state index contributed by atoms with van der Waals surface area (Å²) in [5, 5.41) is 0.